The molecule has 3 aromatic rings. The van der Waals surface area contributed by atoms with E-state index in [1.807, 2.05) is 6.92 Å². The first kappa shape index (κ1) is 13.8. The van der Waals surface area contributed by atoms with Crippen molar-refractivity contribution in [1.82, 2.24) is 30.0 Å². The van der Waals surface area contributed by atoms with Gasteiger partial charge < -0.3 is 0 Å². The Morgan fingerprint density at radius 1 is 1.14 bits per heavy atom. The molecule has 0 spiro atoms. The molecule has 6 nitrogen and oxygen atoms in total. The number of rotatable bonds is 3. The first-order valence-electron chi connectivity index (χ1n) is 6.72. The highest BCUT2D eigenvalue weighted by Gasteiger charge is 2.15. The van der Waals surface area contributed by atoms with Gasteiger partial charge in [-0.3, -0.25) is 0 Å². The van der Waals surface area contributed by atoms with Crippen molar-refractivity contribution in [2.24, 2.45) is 0 Å². The lowest BCUT2D eigenvalue weighted by Gasteiger charge is -2.07. The predicted octanol–water partition coefficient (Wildman–Crippen LogP) is 2.45. The van der Waals surface area contributed by atoms with Gasteiger partial charge in [0.15, 0.2) is 0 Å². The van der Waals surface area contributed by atoms with Gasteiger partial charge >= 0.3 is 0 Å². The number of hydrogen-bond acceptors (Lipinski definition) is 5. The lowest BCUT2D eigenvalue weighted by Crippen LogP contribution is -1.99. The van der Waals surface area contributed by atoms with Crippen molar-refractivity contribution in [3.8, 4) is 17.1 Å². The number of benzene rings is 1. The molecule has 21 heavy (non-hydrogen) atoms. The maximum absolute atomic E-state index is 4.58. The first-order valence-corrected chi connectivity index (χ1v) is 7.17. The number of tetrazole rings is 1. The molecule has 0 unspecified atom stereocenters. The fourth-order valence-electron chi connectivity index (χ4n) is 2.25. The zero-order valence-electron chi connectivity index (χ0n) is 12.1. The van der Waals surface area contributed by atoms with E-state index in [0.717, 1.165) is 11.3 Å². The minimum absolute atomic E-state index is 0.539. The highest BCUT2D eigenvalue weighted by Crippen LogP contribution is 2.26. The second kappa shape index (κ2) is 5.33. The zero-order chi connectivity index (χ0) is 15.0. The molecular formula is C14H16N6S. The summed E-state index contributed by atoms with van der Waals surface area (Å²) in [6.45, 7) is 6.77. The topological polar surface area (TPSA) is 61.4 Å². The summed E-state index contributed by atoms with van der Waals surface area (Å²) in [6.07, 6.45) is 1.72. The standard InChI is InChI=1S/C14H16N6S/c1-4-19-17-13(16-18-19)12-8-15-20(14(12)21)11-6-9(2)5-10(3)7-11/h5-8,21H,4H2,1-3H3. The van der Waals surface area contributed by atoms with E-state index in [0.29, 0.717) is 17.4 Å². The Labute approximate surface area is 128 Å². The van der Waals surface area contributed by atoms with Crippen LogP contribution in [0.15, 0.2) is 29.4 Å². The molecular weight excluding hydrogens is 284 g/mol. The zero-order valence-corrected chi connectivity index (χ0v) is 13.0. The van der Waals surface area contributed by atoms with Crippen molar-refractivity contribution in [3.05, 3.63) is 35.5 Å². The van der Waals surface area contributed by atoms with Crippen LogP contribution in [-0.2, 0) is 6.54 Å². The summed E-state index contributed by atoms with van der Waals surface area (Å²) < 4.78 is 1.78. The molecule has 7 heteroatoms. The van der Waals surface area contributed by atoms with Crippen LogP contribution in [0, 0.1) is 13.8 Å². The van der Waals surface area contributed by atoms with Gasteiger partial charge in [-0.05, 0) is 49.2 Å². The number of nitrogens with zero attached hydrogens (tertiary/aromatic N) is 6. The van der Waals surface area contributed by atoms with E-state index >= 15 is 0 Å². The van der Waals surface area contributed by atoms with E-state index in [1.165, 1.54) is 15.9 Å². The molecule has 2 aromatic heterocycles. The average Bonchev–Trinajstić information content (AvgIpc) is 3.03. The van der Waals surface area contributed by atoms with Crippen molar-refractivity contribution >= 4 is 12.6 Å². The Balaban J connectivity index is 2.06. The third-order valence-corrected chi connectivity index (χ3v) is 3.60. The van der Waals surface area contributed by atoms with Crippen LogP contribution in [-0.4, -0.2) is 30.0 Å². The fourth-order valence-corrected chi connectivity index (χ4v) is 2.57. The molecule has 2 heterocycles. The van der Waals surface area contributed by atoms with Crippen molar-refractivity contribution in [1.29, 1.82) is 0 Å². The molecule has 0 atom stereocenters. The molecule has 0 bridgehead atoms. The van der Waals surface area contributed by atoms with Gasteiger partial charge in [0.25, 0.3) is 0 Å². The molecule has 3 rings (SSSR count). The molecule has 0 fully saturated rings. The number of aryl methyl sites for hydroxylation is 3. The van der Waals surface area contributed by atoms with Crippen LogP contribution >= 0.6 is 12.6 Å². The normalized spacial score (nSPS) is 11.0. The maximum atomic E-state index is 4.58. The summed E-state index contributed by atoms with van der Waals surface area (Å²) >= 11 is 4.58. The average molecular weight is 300 g/mol. The Hall–Kier alpha value is -2.15. The number of thiol groups is 1. The lowest BCUT2D eigenvalue weighted by atomic mass is 10.1. The van der Waals surface area contributed by atoms with Crippen LogP contribution < -0.4 is 0 Å². The quantitative estimate of drug-likeness (QED) is 0.755. The highest BCUT2D eigenvalue weighted by molar-refractivity contribution is 7.80. The van der Waals surface area contributed by atoms with Gasteiger partial charge in [0.2, 0.25) is 5.82 Å². The molecule has 0 N–H and O–H groups in total. The molecule has 0 radical (unpaired) electrons. The monoisotopic (exact) mass is 300 g/mol. The molecule has 0 aliphatic rings. The van der Waals surface area contributed by atoms with Crippen molar-refractivity contribution in [2.75, 3.05) is 0 Å². The minimum Gasteiger partial charge on any atom is -0.227 e. The van der Waals surface area contributed by atoms with Crippen molar-refractivity contribution in [2.45, 2.75) is 32.3 Å². The molecule has 108 valence electrons. The first-order chi connectivity index (χ1) is 10.1. The van der Waals surface area contributed by atoms with E-state index in [-0.39, 0.29) is 0 Å². The van der Waals surface area contributed by atoms with Crippen LogP contribution in [0.4, 0.5) is 0 Å². The molecule has 0 amide bonds. The summed E-state index contributed by atoms with van der Waals surface area (Å²) in [5.41, 5.74) is 4.12. The molecule has 1 aromatic carbocycles. The van der Waals surface area contributed by atoms with E-state index in [2.05, 4.69) is 65.2 Å². The Kier molecular flexibility index (Phi) is 3.50. The van der Waals surface area contributed by atoms with Crippen LogP contribution in [0.25, 0.3) is 17.1 Å². The minimum atomic E-state index is 0.539. The van der Waals surface area contributed by atoms with Crippen LogP contribution in [0.1, 0.15) is 18.1 Å². The van der Waals surface area contributed by atoms with Gasteiger partial charge in [0.1, 0.15) is 5.03 Å². The third-order valence-electron chi connectivity index (χ3n) is 3.17. The molecule has 0 saturated carbocycles. The van der Waals surface area contributed by atoms with Gasteiger partial charge in [0.05, 0.1) is 24.0 Å². The number of aromatic nitrogens is 6. The second-order valence-corrected chi connectivity index (χ2v) is 5.36. The van der Waals surface area contributed by atoms with Gasteiger partial charge in [-0.1, -0.05) is 6.07 Å². The summed E-state index contributed by atoms with van der Waals surface area (Å²) in [5.74, 6) is 0.539. The van der Waals surface area contributed by atoms with E-state index in [9.17, 15) is 0 Å². The lowest BCUT2D eigenvalue weighted by molar-refractivity contribution is 0.552. The van der Waals surface area contributed by atoms with E-state index < -0.39 is 0 Å². The summed E-state index contributed by atoms with van der Waals surface area (Å²) in [5, 5.41) is 17.4. The van der Waals surface area contributed by atoms with Crippen LogP contribution in [0.5, 0.6) is 0 Å². The summed E-state index contributed by atoms with van der Waals surface area (Å²) in [7, 11) is 0. The Morgan fingerprint density at radius 3 is 2.48 bits per heavy atom. The van der Waals surface area contributed by atoms with Gasteiger partial charge in [-0.15, -0.1) is 22.8 Å². The van der Waals surface area contributed by atoms with Gasteiger partial charge in [0, 0.05) is 0 Å². The van der Waals surface area contributed by atoms with E-state index in [4.69, 9.17) is 0 Å². The summed E-state index contributed by atoms with van der Waals surface area (Å²) in [4.78, 5) is 1.54. The third kappa shape index (κ3) is 2.56. The SMILES string of the molecule is CCn1nnc(-c2cnn(-c3cc(C)cc(C)c3)c2S)n1. The van der Waals surface area contributed by atoms with Crippen molar-refractivity contribution in [3.63, 3.8) is 0 Å². The number of hydrogen-bond donors (Lipinski definition) is 1. The smallest absolute Gasteiger partial charge is 0.209 e. The van der Waals surface area contributed by atoms with Crippen LogP contribution in [0.2, 0.25) is 0 Å². The maximum Gasteiger partial charge on any atom is 0.209 e. The van der Waals surface area contributed by atoms with Gasteiger partial charge in [-0.2, -0.15) is 9.90 Å². The Bertz CT molecular complexity index is 768. The van der Waals surface area contributed by atoms with Gasteiger partial charge in [-0.25, -0.2) is 4.68 Å². The van der Waals surface area contributed by atoms with Crippen LogP contribution in [0.3, 0.4) is 0 Å². The molecule has 0 aliphatic heterocycles. The fraction of sp³-hybridized carbons (Fsp3) is 0.286. The highest BCUT2D eigenvalue weighted by atomic mass is 32.1. The largest absolute Gasteiger partial charge is 0.227 e. The predicted molar refractivity (Wildman–Crippen MR) is 82.8 cm³/mol. The molecule has 0 aliphatic carbocycles. The Morgan fingerprint density at radius 2 is 1.86 bits per heavy atom. The molecule has 0 saturated heterocycles. The van der Waals surface area contributed by atoms with E-state index in [1.54, 1.807) is 10.9 Å². The van der Waals surface area contributed by atoms with Crippen molar-refractivity contribution < 1.29 is 0 Å². The summed E-state index contributed by atoms with van der Waals surface area (Å²) in [6, 6.07) is 6.26. The second-order valence-electron chi connectivity index (χ2n) is 4.94.